The monoisotopic (exact) mass is 515 g/mol. The molecule has 3 aromatic rings. The van der Waals surface area contributed by atoms with Crippen molar-refractivity contribution in [1.82, 2.24) is 15.0 Å². The maximum Gasteiger partial charge on any atom is 0.250 e. The van der Waals surface area contributed by atoms with Crippen molar-refractivity contribution in [2.24, 2.45) is 15.3 Å². The van der Waals surface area contributed by atoms with E-state index in [0.717, 1.165) is 50.3 Å². The Labute approximate surface area is 222 Å². The van der Waals surface area contributed by atoms with Crippen molar-refractivity contribution in [3.63, 3.8) is 0 Å². The third kappa shape index (κ3) is 6.41. The summed E-state index contributed by atoms with van der Waals surface area (Å²) in [6, 6.07) is 10.9. The molecule has 11 heteroatoms. The van der Waals surface area contributed by atoms with Crippen LogP contribution in [0.4, 0.5) is 29.2 Å². The van der Waals surface area contributed by atoms with E-state index < -0.39 is 0 Å². The maximum atomic E-state index is 10.4. The molecule has 2 fully saturated rings. The van der Waals surface area contributed by atoms with Crippen LogP contribution in [0.2, 0.25) is 0 Å². The Morgan fingerprint density at radius 3 is 2.18 bits per heavy atom. The summed E-state index contributed by atoms with van der Waals surface area (Å²) in [5.41, 5.74) is 7.16. The van der Waals surface area contributed by atoms with Crippen LogP contribution in [0.15, 0.2) is 51.7 Å². The Morgan fingerprint density at radius 2 is 1.47 bits per heavy atom. The van der Waals surface area contributed by atoms with Crippen LogP contribution in [0.5, 0.6) is 5.75 Å². The number of morpholine rings is 1. The molecule has 0 atom stereocenters. The van der Waals surface area contributed by atoms with Crippen molar-refractivity contribution >= 4 is 35.4 Å². The summed E-state index contributed by atoms with van der Waals surface area (Å²) in [7, 11) is 0. The largest absolute Gasteiger partial charge is 0.507 e. The molecule has 38 heavy (non-hydrogen) atoms. The third-order valence-corrected chi connectivity index (χ3v) is 6.70. The number of phenolic OH excluding ortho intramolecular Hbond substituents is 1. The summed E-state index contributed by atoms with van der Waals surface area (Å²) in [6.45, 7) is 8.68. The number of nitrogens with zero attached hydrogens (tertiary/aromatic N) is 8. The van der Waals surface area contributed by atoms with Crippen molar-refractivity contribution in [2.75, 3.05) is 54.6 Å². The zero-order valence-electron chi connectivity index (χ0n) is 21.8. The standard InChI is InChI=1S/C27H33N9O2/c1-19-6-7-22(16-20(19)2)32-33-23-8-9-24(37)21(17-23)18-28-34-25-29-26(35-10-4-3-5-11-35)31-27(30-25)36-12-14-38-15-13-36/h6-9,16-18,37H,3-5,10-15H2,1-2H3,(H,29,30,31,34)/b28-18-,33-32?. The van der Waals surface area contributed by atoms with Crippen molar-refractivity contribution in [3.05, 3.63) is 53.1 Å². The molecule has 2 N–H and O–H groups in total. The summed E-state index contributed by atoms with van der Waals surface area (Å²) in [6.07, 6.45) is 4.98. The van der Waals surface area contributed by atoms with Crippen LogP contribution >= 0.6 is 0 Å². The predicted molar refractivity (Wildman–Crippen MR) is 148 cm³/mol. The molecule has 0 radical (unpaired) electrons. The van der Waals surface area contributed by atoms with Gasteiger partial charge < -0.3 is 19.6 Å². The van der Waals surface area contributed by atoms with Crippen LogP contribution in [-0.2, 0) is 4.74 Å². The number of phenols is 1. The molecule has 5 rings (SSSR count). The number of aromatic nitrogens is 3. The first-order valence-electron chi connectivity index (χ1n) is 13.0. The average Bonchev–Trinajstić information content (AvgIpc) is 2.96. The highest BCUT2D eigenvalue weighted by Crippen LogP contribution is 2.25. The fourth-order valence-electron chi connectivity index (χ4n) is 4.31. The van der Waals surface area contributed by atoms with Gasteiger partial charge in [0.2, 0.25) is 17.8 Å². The lowest BCUT2D eigenvalue weighted by Crippen LogP contribution is -2.38. The molecule has 0 amide bonds. The van der Waals surface area contributed by atoms with Crippen LogP contribution in [0.3, 0.4) is 0 Å². The number of rotatable bonds is 7. The Morgan fingerprint density at radius 1 is 0.816 bits per heavy atom. The summed E-state index contributed by atoms with van der Waals surface area (Å²) < 4.78 is 5.48. The molecule has 2 aliphatic rings. The van der Waals surface area contributed by atoms with Gasteiger partial charge in [-0.1, -0.05) is 6.07 Å². The lowest BCUT2D eigenvalue weighted by atomic mass is 10.1. The van der Waals surface area contributed by atoms with Crippen LogP contribution in [-0.4, -0.2) is 65.7 Å². The van der Waals surface area contributed by atoms with Crippen molar-refractivity contribution in [3.8, 4) is 5.75 Å². The molecule has 3 heterocycles. The molecule has 0 aliphatic carbocycles. The zero-order valence-corrected chi connectivity index (χ0v) is 21.8. The number of piperidine rings is 1. The first-order chi connectivity index (χ1) is 18.5. The molecule has 0 unspecified atom stereocenters. The number of azo groups is 1. The second kappa shape index (κ2) is 12.0. The van der Waals surface area contributed by atoms with E-state index in [1.807, 2.05) is 25.1 Å². The molecule has 2 aliphatic heterocycles. The van der Waals surface area contributed by atoms with Gasteiger partial charge in [-0.05, 0) is 74.6 Å². The average molecular weight is 516 g/mol. The fourth-order valence-corrected chi connectivity index (χ4v) is 4.31. The molecule has 11 nitrogen and oxygen atoms in total. The highest BCUT2D eigenvalue weighted by molar-refractivity contribution is 5.85. The van der Waals surface area contributed by atoms with Gasteiger partial charge in [-0.3, -0.25) is 0 Å². The highest BCUT2D eigenvalue weighted by atomic mass is 16.5. The van der Waals surface area contributed by atoms with E-state index >= 15 is 0 Å². The smallest absolute Gasteiger partial charge is 0.250 e. The minimum absolute atomic E-state index is 0.0827. The molecule has 0 spiro atoms. The van der Waals surface area contributed by atoms with E-state index in [1.54, 1.807) is 18.2 Å². The number of benzene rings is 2. The normalized spacial score (nSPS) is 16.5. The van der Waals surface area contributed by atoms with Crippen molar-refractivity contribution < 1.29 is 9.84 Å². The minimum atomic E-state index is 0.0827. The molecule has 0 saturated carbocycles. The maximum absolute atomic E-state index is 10.4. The molecule has 1 aromatic heterocycles. The van der Waals surface area contributed by atoms with E-state index in [-0.39, 0.29) is 5.75 Å². The summed E-state index contributed by atoms with van der Waals surface area (Å²) in [5.74, 6) is 1.69. The van der Waals surface area contributed by atoms with Crippen LogP contribution < -0.4 is 15.2 Å². The topological polar surface area (TPSA) is 124 Å². The van der Waals surface area contributed by atoms with Crippen molar-refractivity contribution in [2.45, 2.75) is 33.1 Å². The molecule has 198 valence electrons. The lowest BCUT2D eigenvalue weighted by molar-refractivity contribution is 0.122. The Hall–Kier alpha value is -4.12. The summed E-state index contributed by atoms with van der Waals surface area (Å²) in [5, 5.41) is 23.3. The van der Waals surface area contributed by atoms with E-state index in [4.69, 9.17) is 9.72 Å². The van der Waals surface area contributed by atoms with E-state index in [2.05, 4.69) is 47.4 Å². The number of hydrogen-bond donors (Lipinski definition) is 2. The van der Waals surface area contributed by atoms with E-state index in [0.29, 0.717) is 42.3 Å². The number of hydrazone groups is 1. The lowest BCUT2D eigenvalue weighted by Gasteiger charge is -2.30. The fraction of sp³-hybridized carbons (Fsp3) is 0.407. The summed E-state index contributed by atoms with van der Waals surface area (Å²) >= 11 is 0. The van der Waals surface area contributed by atoms with Gasteiger partial charge in [0.1, 0.15) is 5.75 Å². The van der Waals surface area contributed by atoms with Crippen LogP contribution in [0.1, 0.15) is 36.0 Å². The van der Waals surface area contributed by atoms with Gasteiger partial charge in [-0.15, -0.1) is 0 Å². The Kier molecular flexibility index (Phi) is 8.03. The second-order valence-electron chi connectivity index (χ2n) is 9.49. The van der Waals surface area contributed by atoms with E-state index in [1.165, 1.54) is 18.2 Å². The van der Waals surface area contributed by atoms with Gasteiger partial charge in [0.05, 0.1) is 30.8 Å². The van der Waals surface area contributed by atoms with Gasteiger partial charge in [-0.2, -0.15) is 30.3 Å². The van der Waals surface area contributed by atoms with Gasteiger partial charge >= 0.3 is 0 Å². The molecular formula is C27H33N9O2. The first kappa shape index (κ1) is 25.5. The first-order valence-corrected chi connectivity index (χ1v) is 13.0. The van der Waals surface area contributed by atoms with Crippen molar-refractivity contribution in [1.29, 1.82) is 0 Å². The number of hydrogen-bond acceptors (Lipinski definition) is 11. The zero-order chi connectivity index (χ0) is 26.3. The Balaban J connectivity index is 1.33. The third-order valence-electron chi connectivity index (χ3n) is 6.70. The van der Waals surface area contributed by atoms with Crippen LogP contribution in [0.25, 0.3) is 0 Å². The summed E-state index contributed by atoms with van der Waals surface area (Å²) in [4.78, 5) is 18.3. The highest BCUT2D eigenvalue weighted by Gasteiger charge is 2.20. The van der Waals surface area contributed by atoms with Gasteiger partial charge in [0.15, 0.2) is 0 Å². The van der Waals surface area contributed by atoms with E-state index in [9.17, 15) is 5.11 Å². The minimum Gasteiger partial charge on any atom is -0.507 e. The number of anilines is 3. The number of aromatic hydroxyl groups is 1. The molecule has 2 aromatic carbocycles. The van der Waals surface area contributed by atoms with Gasteiger partial charge in [-0.25, -0.2) is 5.43 Å². The molecule has 2 saturated heterocycles. The number of nitrogens with one attached hydrogen (secondary N) is 1. The number of aryl methyl sites for hydroxylation is 2. The molecule has 0 bridgehead atoms. The van der Waals surface area contributed by atoms with Crippen LogP contribution in [0, 0.1) is 13.8 Å². The quantitative estimate of drug-likeness (QED) is 0.259. The molecular weight excluding hydrogens is 482 g/mol. The second-order valence-corrected chi connectivity index (χ2v) is 9.49. The predicted octanol–water partition coefficient (Wildman–Crippen LogP) is 4.88. The van der Waals surface area contributed by atoms with Gasteiger partial charge in [0.25, 0.3) is 0 Å². The number of ether oxygens (including phenoxy) is 1. The SMILES string of the molecule is Cc1ccc(N=Nc2ccc(O)c(/C=N\Nc3nc(N4CCCCC4)nc(N4CCOCC4)n3)c2)cc1C. The Bertz CT molecular complexity index is 1280. The van der Waals surface area contributed by atoms with Gasteiger partial charge in [0, 0.05) is 31.7 Å².